The van der Waals surface area contributed by atoms with Crippen molar-refractivity contribution in [1.82, 2.24) is 5.32 Å². The van der Waals surface area contributed by atoms with Gasteiger partial charge in [-0.15, -0.1) is 11.6 Å². The normalized spacial score (nSPS) is 11.9. The van der Waals surface area contributed by atoms with Crippen LogP contribution in [0.3, 0.4) is 0 Å². The first-order valence-electron chi connectivity index (χ1n) is 6.21. The average Bonchev–Trinajstić information content (AvgIpc) is 2.48. The molecule has 0 radical (unpaired) electrons. The number of rotatable bonds is 4. The van der Waals surface area contributed by atoms with E-state index in [1.54, 1.807) is 6.07 Å². The number of halogens is 1. The van der Waals surface area contributed by atoms with Gasteiger partial charge < -0.3 is 5.32 Å². The summed E-state index contributed by atoms with van der Waals surface area (Å²) in [7, 11) is 0. The van der Waals surface area contributed by atoms with Gasteiger partial charge in [0.1, 0.15) is 0 Å². The highest BCUT2D eigenvalue weighted by molar-refractivity contribution is 6.17. The molecule has 0 heterocycles. The summed E-state index contributed by atoms with van der Waals surface area (Å²) in [6.07, 6.45) is 0. The molecule has 2 nitrogen and oxygen atoms in total. The van der Waals surface area contributed by atoms with Gasteiger partial charge in [-0.2, -0.15) is 0 Å². The minimum atomic E-state index is -0.0803. The van der Waals surface area contributed by atoms with Gasteiger partial charge in [0, 0.05) is 11.4 Å². The van der Waals surface area contributed by atoms with Crippen LogP contribution in [0.15, 0.2) is 54.6 Å². The summed E-state index contributed by atoms with van der Waals surface area (Å²) in [5.41, 5.74) is 2.67. The van der Waals surface area contributed by atoms with E-state index in [0.717, 1.165) is 11.1 Å². The molecule has 0 saturated heterocycles. The third kappa shape index (κ3) is 3.58. The van der Waals surface area contributed by atoms with Crippen LogP contribution in [0.5, 0.6) is 0 Å². The first-order valence-corrected chi connectivity index (χ1v) is 6.75. The van der Waals surface area contributed by atoms with E-state index < -0.39 is 0 Å². The Bertz CT molecular complexity index is 554. The van der Waals surface area contributed by atoms with Crippen LogP contribution in [0, 0.1) is 0 Å². The van der Waals surface area contributed by atoms with Crippen LogP contribution in [0.1, 0.15) is 34.5 Å². The lowest BCUT2D eigenvalue weighted by Crippen LogP contribution is -2.26. The van der Waals surface area contributed by atoms with E-state index in [9.17, 15) is 4.79 Å². The standard InChI is InChI=1S/C16H16ClNO/c1-12(14-7-3-2-4-8-14)18-16(19)15-9-5-6-13(10-15)11-17/h2-10,12H,11H2,1H3,(H,18,19)/t12-/m0/s1. The Balaban J connectivity index is 2.08. The number of alkyl halides is 1. The molecule has 0 spiro atoms. The molecule has 0 aliphatic carbocycles. The molecule has 0 bridgehead atoms. The topological polar surface area (TPSA) is 29.1 Å². The molecule has 1 N–H and O–H groups in total. The molecule has 0 unspecified atom stereocenters. The van der Waals surface area contributed by atoms with Crippen LogP contribution in [-0.2, 0) is 5.88 Å². The summed E-state index contributed by atoms with van der Waals surface area (Å²) in [5.74, 6) is 0.332. The maximum atomic E-state index is 12.1. The zero-order valence-electron chi connectivity index (χ0n) is 10.8. The van der Waals surface area contributed by atoms with Crippen molar-refractivity contribution in [2.45, 2.75) is 18.8 Å². The van der Waals surface area contributed by atoms with Crippen LogP contribution in [0.2, 0.25) is 0 Å². The summed E-state index contributed by atoms with van der Waals surface area (Å²) in [5, 5.41) is 2.98. The van der Waals surface area contributed by atoms with Crippen LogP contribution in [0.25, 0.3) is 0 Å². The summed E-state index contributed by atoms with van der Waals surface area (Å²) >= 11 is 5.77. The molecule has 1 atom stereocenters. The number of carbonyl (C=O) groups is 1. The van der Waals surface area contributed by atoms with Crippen molar-refractivity contribution in [1.29, 1.82) is 0 Å². The van der Waals surface area contributed by atoms with Gasteiger partial charge in [0.2, 0.25) is 0 Å². The first kappa shape index (κ1) is 13.6. The van der Waals surface area contributed by atoms with Gasteiger partial charge in [0.05, 0.1) is 6.04 Å². The van der Waals surface area contributed by atoms with Gasteiger partial charge in [-0.3, -0.25) is 4.79 Å². The second-order valence-corrected chi connectivity index (χ2v) is 4.71. The average molecular weight is 274 g/mol. The van der Waals surface area contributed by atoms with E-state index in [4.69, 9.17) is 11.6 Å². The zero-order valence-corrected chi connectivity index (χ0v) is 11.5. The molecule has 1 amide bonds. The lowest BCUT2D eigenvalue weighted by molar-refractivity contribution is 0.0940. The van der Waals surface area contributed by atoms with Gasteiger partial charge in [-0.1, -0.05) is 42.5 Å². The Labute approximate surface area is 118 Å². The van der Waals surface area contributed by atoms with Crippen molar-refractivity contribution in [2.75, 3.05) is 0 Å². The molecule has 98 valence electrons. The second kappa shape index (κ2) is 6.39. The maximum Gasteiger partial charge on any atom is 0.251 e. The molecule has 2 aromatic rings. The molecule has 2 aromatic carbocycles. The van der Waals surface area contributed by atoms with Crippen LogP contribution >= 0.6 is 11.6 Å². The summed E-state index contributed by atoms with van der Waals surface area (Å²) < 4.78 is 0. The van der Waals surface area contributed by atoms with E-state index in [-0.39, 0.29) is 11.9 Å². The Morgan fingerprint density at radius 3 is 2.58 bits per heavy atom. The van der Waals surface area contributed by atoms with Crippen molar-refractivity contribution >= 4 is 17.5 Å². The van der Waals surface area contributed by atoms with E-state index in [1.807, 2.05) is 55.5 Å². The third-order valence-electron chi connectivity index (χ3n) is 2.99. The fraction of sp³-hybridized carbons (Fsp3) is 0.188. The van der Waals surface area contributed by atoms with Crippen molar-refractivity contribution in [3.05, 3.63) is 71.3 Å². The quantitative estimate of drug-likeness (QED) is 0.841. The molecular weight excluding hydrogens is 258 g/mol. The van der Waals surface area contributed by atoms with Gasteiger partial charge in [-0.25, -0.2) is 0 Å². The Kier molecular flexibility index (Phi) is 4.58. The number of carbonyl (C=O) groups excluding carboxylic acids is 1. The van der Waals surface area contributed by atoms with Gasteiger partial charge in [-0.05, 0) is 30.2 Å². The third-order valence-corrected chi connectivity index (χ3v) is 3.30. The molecule has 3 heteroatoms. The Hall–Kier alpha value is -1.80. The number of benzene rings is 2. The van der Waals surface area contributed by atoms with E-state index in [0.29, 0.717) is 11.4 Å². The summed E-state index contributed by atoms with van der Waals surface area (Å²) in [6, 6.07) is 17.2. The van der Waals surface area contributed by atoms with Crippen molar-refractivity contribution in [3.8, 4) is 0 Å². The van der Waals surface area contributed by atoms with Gasteiger partial charge in [0.25, 0.3) is 5.91 Å². The van der Waals surface area contributed by atoms with E-state index in [2.05, 4.69) is 5.32 Å². The maximum absolute atomic E-state index is 12.1. The second-order valence-electron chi connectivity index (χ2n) is 4.44. The van der Waals surface area contributed by atoms with Crippen LogP contribution < -0.4 is 5.32 Å². The first-order chi connectivity index (χ1) is 9.20. The molecule has 0 aliphatic heterocycles. The van der Waals surface area contributed by atoms with Gasteiger partial charge >= 0.3 is 0 Å². The molecule has 0 saturated carbocycles. The predicted octanol–water partition coefficient (Wildman–Crippen LogP) is 3.92. The predicted molar refractivity (Wildman–Crippen MR) is 78.3 cm³/mol. The fourth-order valence-electron chi connectivity index (χ4n) is 1.90. The number of nitrogens with one attached hydrogen (secondary N) is 1. The molecule has 19 heavy (non-hydrogen) atoms. The molecule has 2 rings (SSSR count). The molecule has 0 fully saturated rings. The van der Waals surface area contributed by atoms with Crippen LogP contribution in [0.4, 0.5) is 0 Å². The Morgan fingerprint density at radius 2 is 1.89 bits per heavy atom. The Morgan fingerprint density at radius 1 is 1.16 bits per heavy atom. The largest absolute Gasteiger partial charge is 0.346 e. The highest BCUT2D eigenvalue weighted by Gasteiger charge is 2.11. The lowest BCUT2D eigenvalue weighted by atomic mass is 10.1. The van der Waals surface area contributed by atoms with E-state index >= 15 is 0 Å². The highest BCUT2D eigenvalue weighted by Crippen LogP contribution is 2.13. The fourth-order valence-corrected chi connectivity index (χ4v) is 2.07. The smallest absolute Gasteiger partial charge is 0.251 e. The summed E-state index contributed by atoms with van der Waals surface area (Å²) in [4.78, 5) is 12.1. The zero-order chi connectivity index (χ0) is 13.7. The SMILES string of the molecule is C[C@H](NC(=O)c1cccc(CCl)c1)c1ccccc1. The number of hydrogen-bond donors (Lipinski definition) is 1. The summed E-state index contributed by atoms with van der Waals surface area (Å²) in [6.45, 7) is 1.97. The minimum Gasteiger partial charge on any atom is -0.346 e. The molecule has 0 aromatic heterocycles. The van der Waals surface area contributed by atoms with Crippen LogP contribution in [-0.4, -0.2) is 5.91 Å². The van der Waals surface area contributed by atoms with Gasteiger partial charge in [0.15, 0.2) is 0 Å². The van der Waals surface area contributed by atoms with Crippen molar-refractivity contribution in [3.63, 3.8) is 0 Å². The lowest BCUT2D eigenvalue weighted by Gasteiger charge is -2.14. The van der Waals surface area contributed by atoms with E-state index in [1.165, 1.54) is 0 Å². The van der Waals surface area contributed by atoms with Crippen molar-refractivity contribution in [2.24, 2.45) is 0 Å². The number of hydrogen-bond acceptors (Lipinski definition) is 1. The number of amides is 1. The molecular formula is C16H16ClNO. The highest BCUT2D eigenvalue weighted by atomic mass is 35.5. The van der Waals surface area contributed by atoms with Crippen molar-refractivity contribution < 1.29 is 4.79 Å². The monoisotopic (exact) mass is 273 g/mol. The molecule has 0 aliphatic rings. The minimum absolute atomic E-state index is 0.0200.